The number of hydrogen-bond donors (Lipinski definition) is 0. The molecule has 0 aromatic carbocycles. The Balaban J connectivity index is 1.06. The van der Waals surface area contributed by atoms with E-state index in [2.05, 4.69) is 11.1 Å². The molecule has 2 spiro atoms. The van der Waals surface area contributed by atoms with Gasteiger partial charge in [-0.2, -0.15) is 4.31 Å². The Labute approximate surface area is 201 Å². The van der Waals surface area contributed by atoms with Crippen molar-refractivity contribution in [2.75, 3.05) is 32.4 Å². The Kier molecular flexibility index (Phi) is 4.88. The van der Waals surface area contributed by atoms with Crippen LogP contribution in [0.4, 0.5) is 4.79 Å². The fourth-order valence-electron chi connectivity index (χ4n) is 6.27. The van der Waals surface area contributed by atoms with Gasteiger partial charge in [-0.1, -0.05) is 6.08 Å². The molecule has 6 rings (SSSR count). The zero-order chi connectivity index (χ0) is 23.8. The average Bonchev–Trinajstić information content (AvgIpc) is 3.37. The first-order valence-corrected chi connectivity index (χ1v) is 14.2. The largest absolute Gasteiger partial charge is 0.485 e. The number of piperidine rings is 1. The number of likely N-dealkylation sites (tertiary alicyclic amines) is 1. The smallest absolute Gasteiger partial charge is 0.410 e. The standard InChI is InChI=1S/C25H33N3O5S/c1-23(5-6-23)33-22(29)27-11-7-24(8-12-27)16-25(17-24)14-19-13-20(26-15-21(19)32-25)18-3-9-28(10-4-18)34(2,30)31/h3,13,15H,4-12,14,16-17H2,1-2H3. The molecule has 8 nitrogen and oxygen atoms in total. The van der Waals surface area contributed by atoms with Crippen molar-refractivity contribution in [3.63, 3.8) is 0 Å². The molecule has 2 aliphatic carbocycles. The van der Waals surface area contributed by atoms with E-state index in [1.165, 1.54) is 16.1 Å². The molecule has 2 saturated carbocycles. The molecule has 34 heavy (non-hydrogen) atoms. The van der Waals surface area contributed by atoms with Crippen molar-refractivity contribution < 1.29 is 22.7 Å². The summed E-state index contributed by atoms with van der Waals surface area (Å²) >= 11 is 0. The molecule has 3 fully saturated rings. The van der Waals surface area contributed by atoms with Gasteiger partial charge in [0.2, 0.25) is 10.0 Å². The van der Waals surface area contributed by atoms with Crippen LogP contribution in [0.2, 0.25) is 0 Å². The predicted octanol–water partition coefficient (Wildman–Crippen LogP) is 3.37. The number of carbonyl (C=O) groups excluding carboxylic acids is 1. The van der Waals surface area contributed by atoms with Crippen molar-refractivity contribution in [3.8, 4) is 5.75 Å². The van der Waals surface area contributed by atoms with Crippen LogP contribution in [-0.4, -0.2) is 72.3 Å². The molecule has 1 amide bonds. The third kappa shape index (κ3) is 4.00. The van der Waals surface area contributed by atoms with Crippen molar-refractivity contribution in [3.05, 3.63) is 29.6 Å². The van der Waals surface area contributed by atoms with Crippen molar-refractivity contribution in [1.82, 2.24) is 14.2 Å². The van der Waals surface area contributed by atoms with E-state index in [4.69, 9.17) is 9.47 Å². The molecule has 0 bridgehead atoms. The van der Waals surface area contributed by atoms with Crippen LogP contribution in [-0.2, 0) is 21.2 Å². The number of pyridine rings is 1. The molecule has 5 aliphatic rings. The Hall–Kier alpha value is -2.13. The average molecular weight is 488 g/mol. The van der Waals surface area contributed by atoms with Gasteiger partial charge in [-0.05, 0) is 68.9 Å². The number of carbonyl (C=O) groups is 1. The number of ether oxygens (including phenoxy) is 2. The van der Waals surface area contributed by atoms with Crippen molar-refractivity contribution in [2.24, 2.45) is 5.41 Å². The molecular weight excluding hydrogens is 454 g/mol. The minimum atomic E-state index is -3.16. The summed E-state index contributed by atoms with van der Waals surface area (Å²) in [5.41, 5.74) is 3.14. The van der Waals surface area contributed by atoms with Crippen LogP contribution in [0.25, 0.3) is 5.57 Å². The molecule has 0 radical (unpaired) electrons. The molecular formula is C25H33N3O5S. The number of hydrogen-bond acceptors (Lipinski definition) is 6. The summed E-state index contributed by atoms with van der Waals surface area (Å²) in [5, 5.41) is 0. The second kappa shape index (κ2) is 7.43. The fraction of sp³-hybridized carbons (Fsp3) is 0.680. The van der Waals surface area contributed by atoms with Crippen LogP contribution in [0.1, 0.15) is 63.1 Å². The first-order valence-electron chi connectivity index (χ1n) is 12.4. The maximum Gasteiger partial charge on any atom is 0.410 e. The van der Waals surface area contributed by atoms with E-state index in [9.17, 15) is 13.2 Å². The molecule has 3 aliphatic heterocycles. The van der Waals surface area contributed by atoms with Gasteiger partial charge in [0.25, 0.3) is 0 Å². The second-order valence-electron chi connectivity index (χ2n) is 11.4. The van der Waals surface area contributed by atoms with Crippen molar-refractivity contribution in [1.29, 1.82) is 0 Å². The van der Waals surface area contributed by atoms with Gasteiger partial charge in [0.05, 0.1) is 18.1 Å². The van der Waals surface area contributed by atoms with Gasteiger partial charge in [0.1, 0.15) is 17.0 Å². The Morgan fingerprint density at radius 3 is 2.50 bits per heavy atom. The zero-order valence-electron chi connectivity index (χ0n) is 20.0. The minimum Gasteiger partial charge on any atom is -0.485 e. The lowest BCUT2D eigenvalue weighted by molar-refractivity contribution is -0.119. The number of sulfonamides is 1. The number of rotatable bonds is 3. The maximum atomic E-state index is 12.4. The first-order chi connectivity index (χ1) is 16.1. The van der Waals surface area contributed by atoms with E-state index in [1.54, 1.807) is 0 Å². The zero-order valence-corrected chi connectivity index (χ0v) is 20.8. The molecule has 0 N–H and O–H groups in total. The SMILES string of the molecule is CC1(OC(=O)N2CCC3(CC2)CC2(Cc4cc(C5=CCN(S(C)(=O)=O)CC5)ncc4O2)C3)CC1. The third-order valence-corrected chi connectivity index (χ3v) is 9.79. The van der Waals surface area contributed by atoms with Crippen molar-refractivity contribution >= 4 is 21.7 Å². The highest BCUT2D eigenvalue weighted by Gasteiger charge is 2.59. The normalized spacial score (nSPS) is 26.4. The Morgan fingerprint density at radius 2 is 1.88 bits per heavy atom. The van der Waals surface area contributed by atoms with Crippen LogP contribution in [0.15, 0.2) is 18.3 Å². The van der Waals surface area contributed by atoms with E-state index in [0.717, 1.165) is 75.1 Å². The summed E-state index contributed by atoms with van der Waals surface area (Å²) in [4.78, 5) is 18.9. The summed E-state index contributed by atoms with van der Waals surface area (Å²) in [7, 11) is -3.16. The van der Waals surface area contributed by atoms with E-state index in [1.807, 2.05) is 24.1 Å². The van der Waals surface area contributed by atoms with E-state index in [0.29, 0.717) is 19.5 Å². The quantitative estimate of drug-likeness (QED) is 0.650. The van der Waals surface area contributed by atoms with Crippen LogP contribution in [0.3, 0.4) is 0 Å². The highest BCUT2D eigenvalue weighted by atomic mass is 32.2. The lowest BCUT2D eigenvalue weighted by Crippen LogP contribution is -2.59. The van der Waals surface area contributed by atoms with Gasteiger partial charge in [0, 0.05) is 38.2 Å². The number of nitrogens with zero attached hydrogens (tertiary/aromatic N) is 3. The van der Waals surface area contributed by atoms with Gasteiger partial charge < -0.3 is 14.4 Å². The highest BCUT2D eigenvalue weighted by Crippen LogP contribution is 2.60. The van der Waals surface area contributed by atoms with Gasteiger partial charge in [-0.3, -0.25) is 4.98 Å². The highest BCUT2D eigenvalue weighted by molar-refractivity contribution is 7.88. The van der Waals surface area contributed by atoms with E-state index >= 15 is 0 Å². The maximum absolute atomic E-state index is 12.4. The van der Waals surface area contributed by atoms with Crippen molar-refractivity contribution in [2.45, 2.75) is 69.5 Å². The van der Waals surface area contributed by atoms with Gasteiger partial charge in [-0.25, -0.2) is 13.2 Å². The minimum absolute atomic E-state index is 0.138. The van der Waals surface area contributed by atoms with Crippen LogP contribution in [0.5, 0.6) is 5.75 Å². The second-order valence-corrected chi connectivity index (χ2v) is 13.4. The molecule has 1 aromatic rings. The molecule has 9 heteroatoms. The molecule has 1 saturated heterocycles. The lowest BCUT2D eigenvalue weighted by Gasteiger charge is -2.56. The number of amides is 1. The Morgan fingerprint density at radius 1 is 1.15 bits per heavy atom. The number of aromatic nitrogens is 1. The fourth-order valence-corrected chi connectivity index (χ4v) is 7.04. The third-order valence-electron chi connectivity index (χ3n) is 8.52. The molecule has 0 unspecified atom stereocenters. The van der Waals surface area contributed by atoms with E-state index < -0.39 is 10.0 Å². The van der Waals surface area contributed by atoms with Crippen LogP contribution < -0.4 is 4.74 Å². The monoisotopic (exact) mass is 487 g/mol. The predicted molar refractivity (Wildman–Crippen MR) is 127 cm³/mol. The summed E-state index contributed by atoms with van der Waals surface area (Å²) in [6.07, 6.45) is 12.5. The molecule has 184 valence electrons. The number of fused-ring (bicyclic) bond motifs is 1. The summed E-state index contributed by atoms with van der Waals surface area (Å²) in [5.74, 6) is 0.881. The topological polar surface area (TPSA) is 89.0 Å². The van der Waals surface area contributed by atoms with Gasteiger partial charge >= 0.3 is 6.09 Å². The van der Waals surface area contributed by atoms with Gasteiger partial charge in [-0.15, -0.1) is 0 Å². The molecule has 1 aromatic heterocycles. The molecule has 4 heterocycles. The van der Waals surface area contributed by atoms with Crippen LogP contribution in [0, 0.1) is 5.41 Å². The first kappa shape index (κ1) is 22.3. The molecule has 0 atom stereocenters. The van der Waals surface area contributed by atoms with E-state index in [-0.39, 0.29) is 22.7 Å². The van der Waals surface area contributed by atoms with Crippen LogP contribution >= 0.6 is 0 Å². The summed E-state index contributed by atoms with van der Waals surface area (Å²) in [6.45, 7) is 4.44. The Bertz CT molecular complexity index is 1160. The summed E-state index contributed by atoms with van der Waals surface area (Å²) < 4.78 is 37.1. The lowest BCUT2D eigenvalue weighted by atomic mass is 9.54. The summed E-state index contributed by atoms with van der Waals surface area (Å²) in [6, 6.07) is 2.13. The van der Waals surface area contributed by atoms with Gasteiger partial charge in [0.15, 0.2) is 0 Å².